The number of nitrogens with zero attached hydrogens (tertiary/aromatic N) is 2. The highest BCUT2D eigenvalue weighted by molar-refractivity contribution is 9.10. The van der Waals surface area contributed by atoms with Crippen molar-refractivity contribution in [1.82, 2.24) is 9.47 Å². The molecule has 134 valence electrons. The molecule has 0 unspecified atom stereocenters. The zero-order chi connectivity index (χ0) is 19.1. The molecule has 0 saturated heterocycles. The van der Waals surface area contributed by atoms with E-state index in [0.717, 1.165) is 9.04 Å². The summed E-state index contributed by atoms with van der Waals surface area (Å²) in [6.07, 6.45) is 4.58. The first kappa shape index (κ1) is 19.6. The molecule has 0 spiro atoms. The van der Waals surface area contributed by atoms with Gasteiger partial charge >= 0.3 is 0 Å². The molecule has 0 saturated carbocycles. The van der Waals surface area contributed by atoms with E-state index in [1.807, 2.05) is 0 Å². The number of aromatic nitrogens is 1. The molecule has 1 atom stereocenters. The van der Waals surface area contributed by atoms with Crippen LogP contribution in [0.5, 0.6) is 0 Å². The molecule has 0 radical (unpaired) electrons. The highest BCUT2D eigenvalue weighted by Gasteiger charge is 2.32. The van der Waals surface area contributed by atoms with Gasteiger partial charge in [-0.05, 0) is 18.2 Å². The monoisotopic (exact) mass is 414 g/mol. The van der Waals surface area contributed by atoms with Crippen LogP contribution in [-0.2, 0) is 4.79 Å². The molecule has 0 bridgehead atoms. The molecule has 5 nitrogen and oxygen atoms in total. The number of carbonyl (C=O) groups excluding carboxylic acids is 2. The highest BCUT2D eigenvalue weighted by atomic mass is 79.9. The van der Waals surface area contributed by atoms with Gasteiger partial charge in [0, 0.05) is 35.4 Å². The van der Waals surface area contributed by atoms with Crippen LogP contribution in [0.1, 0.15) is 16.4 Å². The first-order valence-electron chi connectivity index (χ1n) is 7.97. The number of ketones is 1. The molecule has 1 aromatic heterocycles. The molecule has 1 aromatic carbocycles. The Balaban J connectivity index is 2.53. The van der Waals surface area contributed by atoms with Crippen LogP contribution < -0.4 is 5.56 Å². The van der Waals surface area contributed by atoms with Gasteiger partial charge in [0.15, 0.2) is 11.8 Å². The van der Waals surface area contributed by atoms with Gasteiger partial charge in [0.25, 0.3) is 11.5 Å². The molecule has 1 heterocycles. The number of carbonyl (C=O) groups is 2. The van der Waals surface area contributed by atoms with Crippen LogP contribution in [0.3, 0.4) is 0 Å². The summed E-state index contributed by atoms with van der Waals surface area (Å²) in [7, 11) is 0. The minimum absolute atomic E-state index is 0.247. The molecule has 1 amide bonds. The third kappa shape index (κ3) is 4.46. The maximum absolute atomic E-state index is 13.1. The van der Waals surface area contributed by atoms with Gasteiger partial charge in [-0.25, -0.2) is 0 Å². The van der Waals surface area contributed by atoms with Crippen LogP contribution in [0.2, 0.25) is 0 Å². The van der Waals surface area contributed by atoms with Crippen molar-refractivity contribution in [3.63, 3.8) is 0 Å². The van der Waals surface area contributed by atoms with Gasteiger partial charge in [-0.15, -0.1) is 13.2 Å². The Morgan fingerprint density at radius 1 is 1.08 bits per heavy atom. The van der Waals surface area contributed by atoms with Gasteiger partial charge in [0.2, 0.25) is 0 Å². The van der Waals surface area contributed by atoms with Gasteiger partial charge in [0.05, 0.1) is 0 Å². The normalized spacial score (nSPS) is 11.4. The van der Waals surface area contributed by atoms with Gasteiger partial charge in [-0.1, -0.05) is 46.3 Å². The van der Waals surface area contributed by atoms with Crippen LogP contribution in [0.25, 0.3) is 0 Å². The minimum atomic E-state index is -1.29. The molecule has 0 aliphatic rings. The number of benzene rings is 1. The highest BCUT2D eigenvalue weighted by Crippen LogP contribution is 2.19. The van der Waals surface area contributed by atoms with Crippen molar-refractivity contribution in [2.24, 2.45) is 0 Å². The number of pyridine rings is 1. The van der Waals surface area contributed by atoms with E-state index < -0.39 is 23.3 Å². The number of hydrogen-bond donors (Lipinski definition) is 0. The molecule has 0 N–H and O–H groups in total. The van der Waals surface area contributed by atoms with Crippen LogP contribution in [0.15, 0.2) is 83.2 Å². The van der Waals surface area contributed by atoms with Crippen LogP contribution in [0.4, 0.5) is 0 Å². The van der Waals surface area contributed by atoms with Crippen molar-refractivity contribution in [2.45, 2.75) is 6.04 Å². The molecule has 2 aromatic rings. The lowest BCUT2D eigenvalue weighted by Crippen LogP contribution is -2.43. The Morgan fingerprint density at radius 3 is 2.23 bits per heavy atom. The first-order valence-corrected chi connectivity index (χ1v) is 8.76. The summed E-state index contributed by atoms with van der Waals surface area (Å²) in [5.41, 5.74) is -0.0760. The van der Waals surface area contributed by atoms with Gasteiger partial charge in [-0.2, -0.15) is 0 Å². The predicted molar refractivity (Wildman–Crippen MR) is 105 cm³/mol. The molecule has 0 fully saturated rings. The molecule has 0 aliphatic heterocycles. The van der Waals surface area contributed by atoms with Crippen molar-refractivity contribution in [3.05, 3.63) is 94.4 Å². The van der Waals surface area contributed by atoms with E-state index in [4.69, 9.17) is 0 Å². The summed E-state index contributed by atoms with van der Waals surface area (Å²) in [5, 5.41) is 0. The average Bonchev–Trinajstić information content (AvgIpc) is 2.63. The largest absolute Gasteiger partial charge is 0.333 e. The fourth-order valence-electron chi connectivity index (χ4n) is 2.52. The van der Waals surface area contributed by atoms with Crippen LogP contribution in [-0.4, -0.2) is 34.2 Å². The summed E-state index contributed by atoms with van der Waals surface area (Å²) in [6, 6.07) is 9.88. The lowest BCUT2D eigenvalue weighted by molar-refractivity contribution is -0.132. The van der Waals surface area contributed by atoms with Crippen molar-refractivity contribution >= 4 is 27.6 Å². The summed E-state index contributed by atoms with van der Waals surface area (Å²) < 4.78 is 1.97. The second-order valence-electron chi connectivity index (χ2n) is 5.54. The zero-order valence-corrected chi connectivity index (χ0v) is 15.8. The van der Waals surface area contributed by atoms with E-state index in [1.54, 1.807) is 48.6 Å². The Kier molecular flexibility index (Phi) is 6.86. The van der Waals surface area contributed by atoms with Gasteiger partial charge < -0.3 is 4.90 Å². The number of halogens is 1. The molecule has 6 heteroatoms. The van der Waals surface area contributed by atoms with Crippen molar-refractivity contribution in [2.75, 3.05) is 13.1 Å². The second-order valence-corrected chi connectivity index (χ2v) is 6.46. The summed E-state index contributed by atoms with van der Waals surface area (Å²) in [5.74, 6) is -0.931. The SMILES string of the molecule is C=CCN(CC=C)C(=O)[C@@H](C(=O)c1ccc(Br)cc1)n1ccccc1=O. The lowest BCUT2D eigenvalue weighted by atomic mass is 10.0. The lowest BCUT2D eigenvalue weighted by Gasteiger charge is -2.26. The Morgan fingerprint density at radius 2 is 1.69 bits per heavy atom. The summed E-state index contributed by atoms with van der Waals surface area (Å²) in [6.45, 7) is 7.77. The maximum atomic E-state index is 13.1. The van der Waals surface area contributed by atoms with Crippen molar-refractivity contribution < 1.29 is 9.59 Å². The quantitative estimate of drug-likeness (QED) is 0.378. The third-order valence-electron chi connectivity index (χ3n) is 3.75. The Labute approximate surface area is 160 Å². The predicted octanol–water partition coefficient (Wildman–Crippen LogP) is 3.24. The average molecular weight is 415 g/mol. The second kappa shape index (κ2) is 9.10. The molecule has 2 rings (SSSR count). The molecule has 26 heavy (non-hydrogen) atoms. The maximum Gasteiger partial charge on any atom is 0.254 e. The van der Waals surface area contributed by atoms with Gasteiger partial charge in [-0.3, -0.25) is 19.0 Å². The van der Waals surface area contributed by atoms with Crippen LogP contribution >= 0.6 is 15.9 Å². The number of amides is 1. The molecular formula is C20H19BrN2O3. The number of rotatable bonds is 8. The first-order chi connectivity index (χ1) is 12.5. The van der Waals surface area contributed by atoms with Crippen molar-refractivity contribution in [1.29, 1.82) is 0 Å². The van der Waals surface area contributed by atoms with Gasteiger partial charge in [0.1, 0.15) is 0 Å². The van der Waals surface area contributed by atoms with E-state index in [-0.39, 0.29) is 13.1 Å². The minimum Gasteiger partial charge on any atom is -0.333 e. The van der Waals surface area contributed by atoms with Crippen molar-refractivity contribution in [3.8, 4) is 0 Å². The fourth-order valence-corrected chi connectivity index (χ4v) is 2.79. The van der Waals surface area contributed by atoms with E-state index in [1.165, 1.54) is 17.2 Å². The number of Topliss-reactive ketones (excluding diaryl/α,β-unsaturated/α-hetero) is 1. The van der Waals surface area contributed by atoms with E-state index in [9.17, 15) is 14.4 Å². The van der Waals surface area contributed by atoms with E-state index in [0.29, 0.717) is 5.56 Å². The van der Waals surface area contributed by atoms with E-state index in [2.05, 4.69) is 29.1 Å². The third-order valence-corrected chi connectivity index (χ3v) is 4.28. The summed E-state index contributed by atoms with van der Waals surface area (Å²) >= 11 is 3.32. The fraction of sp³-hybridized carbons (Fsp3) is 0.150. The van der Waals surface area contributed by atoms with Crippen LogP contribution in [0, 0.1) is 0 Å². The number of hydrogen-bond acceptors (Lipinski definition) is 3. The Hall–Kier alpha value is -2.73. The van der Waals surface area contributed by atoms with E-state index >= 15 is 0 Å². The molecule has 0 aliphatic carbocycles. The zero-order valence-electron chi connectivity index (χ0n) is 14.2. The smallest absolute Gasteiger partial charge is 0.254 e. The topological polar surface area (TPSA) is 59.4 Å². The Bertz CT molecular complexity index is 861. The standard InChI is InChI=1S/C20H19BrN2O3/c1-3-12-22(13-4-2)20(26)18(23-14-6-5-7-17(23)24)19(25)15-8-10-16(21)11-9-15/h3-11,14,18H,1-2,12-13H2/t18-/m1/s1. The molecular weight excluding hydrogens is 396 g/mol. The summed E-state index contributed by atoms with van der Waals surface area (Å²) in [4.78, 5) is 39.9.